The van der Waals surface area contributed by atoms with Crippen LogP contribution in [0.5, 0.6) is 5.75 Å². The van der Waals surface area contributed by atoms with Crippen LogP contribution in [-0.4, -0.2) is 33.1 Å². The first-order chi connectivity index (χ1) is 8.10. The van der Waals surface area contributed by atoms with Gasteiger partial charge in [0.1, 0.15) is 17.6 Å². The molecule has 2 rings (SSSR count). The maximum absolute atomic E-state index is 12.0. The van der Waals surface area contributed by atoms with Gasteiger partial charge >= 0.3 is 0 Å². The van der Waals surface area contributed by atoms with Gasteiger partial charge < -0.3 is 10.1 Å². The van der Waals surface area contributed by atoms with Crippen molar-refractivity contribution in [3.63, 3.8) is 0 Å². The molecule has 17 heavy (non-hydrogen) atoms. The molecule has 2 unspecified atom stereocenters. The summed E-state index contributed by atoms with van der Waals surface area (Å²) in [7, 11) is -1.33. The Balaban J connectivity index is 2.43. The highest BCUT2D eigenvalue weighted by Gasteiger charge is 2.37. The molecule has 0 saturated heterocycles. The third kappa shape index (κ3) is 2.17. The molecular formula is C12H17NO3S. The summed E-state index contributed by atoms with van der Waals surface area (Å²) in [6.07, 6.45) is 0. The van der Waals surface area contributed by atoms with E-state index in [1.807, 2.05) is 24.3 Å². The molecule has 0 spiro atoms. The molecule has 1 aliphatic rings. The number of ether oxygens (including phenoxy) is 1. The molecule has 94 valence electrons. The summed E-state index contributed by atoms with van der Waals surface area (Å²) in [5, 5.41) is 2.58. The average molecular weight is 255 g/mol. The standard InChI is InChI=1S/C12H17NO3S/c1-3-17(14,15)11-8-16-10-7-5-4-6-9(10)12(11)13-2/h4-7,11-13H,3,8H2,1-2H3. The number of rotatable bonds is 3. The second kappa shape index (κ2) is 4.66. The summed E-state index contributed by atoms with van der Waals surface area (Å²) in [6.45, 7) is 1.89. The number of nitrogens with one attached hydrogen (secondary N) is 1. The van der Waals surface area contributed by atoms with Crippen LogP contribution >= 0.6 is 0 Å². The van der Waals surface area contributed by atoms with Gasteiger partial charge in [-0.2, -0.15) is 0 Å². The summed E-state index contributed by atoms with van der Waals surface area (Å²) in [4.78, 5) is 0. The van der Waals surface area contributed by atoms with Gasteiger partial charge in [-0.05, 0) is 13.1 Å². The number of hydrogen-bond donors (Lipinski definition) is 1. The van der Waals surface area contributed by atoms with Crippen molar-refractivity contribution in [2.24, 2.45) is 0 Å². The van der Waals surface area contributed by atoms with Crippen LogP contribution in [0.15, 0.2) is 24.3 Å². The second-order valence-corrected chi connectivity index (χ2v) is 6.61. The fourth-order valence-corrected chi connectivity index (χ4v) is 3.60. The predicted molar refractivity (Wildman–Crippen MR) is 67.0 cm³/mol. The fourth-order valence-electron chi connectivity index (χ4n) is 2.20. The van der Waals surface area contributed by atoms with E-state index >= 15 is 0 Å². The van der Waals surface area contributed by atoms with Gasteiger partial charge in [0.2, 0.25) is 0 Å². The number of para-hydroxylation sites is 1. The van der Waals surface area contributed by atoms with E-state index in [0.717, 1.165) is 11.3 Å². The van der Waals surface area contributed by atoms with Crippen LogP contribution in [0.1, 0.15) is 18.5 Å². The monoisotopic (exact) mass is 255 g/mol. The van der Waals surface area contributed by atoms with Crippen molar-refractivity contribution in [1.29, 1.82) is 0 Å². The molecule has 1 heterocycles. The maximum Gasteiger partial charge on any atom is 0.158 e. The van der Waals surface area contributed by atoms with Gasteiger partial charge in [0.25, 0.3) is 0 Å². The molecule has 2 atom stereocenters. The Labute approximate surface area is 102 Å². The Bertz CT molecular complexity index is 498. The summed E-state index contributed by atoms with van der Waals surface area (Å²) in [5.41, 5.74) is 0.920. The van der Waals surface area contributed by atoms with Gasteiger partial charge in [0, 0.05) is 11.3 Å². The molecule has 0 amide bonds. The number of benzene rings is 1. The lowest BCUT2D eigenvalue weighted by molar-refractivity contribution is 0.259. The smallest absolute Gasteiger partial charge is 0.158 e. The summed E-state index contributed by atoms with van der Waals surface area (Å²) >= 11 is 0. The molecule has 4 nitrogen and oxygen atoms in total. The maximum atomic E-state index is 12.0. The lowest BCUT2D eigenvalue weighted by Gasteiger charge is -2.32. The van der Waals surface area contributed by atoms with Gasteiger partial charge in [0.05, 0.1) is 6.04 Å². The van der Waals surface area contributed by atoms with Gasteiger partial charge in [-0.1, -0.05) is 25.1 Å². The van der Waals surface area contributed by atoms with Crippen molar-refractivity contribution >= 4 is 9.84 Å². The van der Waals surface area contributed by atoms with Crippen molar-refractivity contribution in [1.82, 2.24) is 5.32 Å². The molecule has 1 aliphatic heterocycles. The highest BCUT2D eigenvalue weighted by molar-refractivity contribution is 7.92. The van der Waals surface area contributed by atoms with Gasteiger partial charge in [0.15, 0.2) is 9.84 Å². The third-order valence-electron chi connectivity index (χ3n) is 3.20. The Kier molecular flexibility index (Phi) is 3.40. The van der Waals surface area contributed by atoms with E-state index in [-0.39, 0.29) is 18.4 Å². The van der Waals surface area contributed by atoms with Crippen molar-refractivity contribution in [3.05, 3.63) is 29.8 Å². The van der Waals surface area contributed by atoms with E-state index in [4.69, 9.17) is 4.74 Å². The SMILES string of the molecule is CCS(=O)(=O)C1COc2ccccc2C1NC. The van der Waals surface area contributed by atoms with Gasteiger partial charge in [-0.3, -0.25) is 0 Å². The summed E-state index contributed by atoms with van der Waals surface area (Å²) in [5.74, 6) is 0.913. The van der Waals surface area contributed by atoms with Crippen molar-refractivity contribution < 1.29 is 13.2 Å². The Morgan fingerprint density at radius 1 is 1.41 bits per heavy atom. The minimum atomic E-state index is -3.11. The minimum absolute atomic E-state index is 0.140. The van der Waals surface area contributed by atoms with Crippen LogP contribution in [0, 0.1) is 0 Å². The molecule has 1 aromatic rings. The second-order valence-electron chi connectivity index (χ2n) is 4.11. The van der Waals surface area contributed by atoms with Crippen LogP contribution in [0.3, 0.4) is 0 Å². The Morgan fingerprint density at radius 3 is 2.76 bits per heavy atom. The molecule has 0 aromatic heterocycles. The molecular weight excluding hydrogens is 238 g/mol. The highest BCUT2D eigenvalue weighted by atomic mass is 32.2. The summed E-state index contributed by atoms with van der Waals surface area (Å²) in [6, 6.07) is 7.38. The van der Waals surface area contributed by atoms with Gasteiger partial charge in [-0.25, -0.2) is 8.42 Å². The van der Waals surface area contributed by atoms with Crippen LogP contribution in [0.2, 0.25) is 0 Å². The number of sulfone groups is 1. The molecule has 0 saturated carbocycles. The lowest BCUT2D eigenvalue weighted by Crippen LogP contribution is -2.43. The lowest BCUT2D eigenvalue weighted by atomic mass is 10.0. The molecule has 5 heteroatoms. The quantitative estimate of drug-likeness (QED) is 0.880. The predicted octanol–water partition coefficient (Wildman–Crippen LogP) is 1.14. The topological polar surface area (TPSA) is 55.4 Å². The highest BCUT2D eigenvalue weighted by Crippen LogP contribution is 2.34. The molecule has 1 aromatic carbocycles. The molecule has 0 aliphatic carbocycles. The van der Waals surface area contributed by atoms with Crippen LogP contribution in [0.25, 0.3) is 0 Å². The van der Waals surface area contributed by atoms with Crippen molar-refractivity contribution in [3.8, 4) is 5.75 Å². The normalized spacial score (nSPS) is 23.9. The van der Waals surface area contributed by atoms with E-state index in [0.29, 0.717) is 0 Å². The Hall–Kier alpha value is -1.07. The third-order valence-corrected chi connectivity index (χ3v) is 5.34. The van der Waals surface area contributed by atoms with Gasteiger partial charge in [-0.15, -0.1) is 0 Å². The summed E-state index contributed by atoms with van der Waals surface area (Å²) < 4.78 is 29.6. The zero-order valence-electron chi connectivity index (χ0n) is 10.0. The first kappa shape index (κ1) is 12.4. The number of hydrogen-bond acceptors (Lipinski definition) is 4. The van der Waals surface area contributed by atoms with E-state index in [1.54, 1.807) is 14.0 Å². The van der Waals surface area contributed by atoms with E-state index < -0.39 is 15.1 Å². The van der Waals surface area contributed by atoms with Crippen molar-refractivity contribution in [2.45, 2.75) is 18.2 Å². The molecule has 0 fully saturated rings. The minimum Gasteiger partial charge on any atom is -0.492 e. The fraction of sp³-hybridized carbons (Fsp3) is 0.500. The van der Waals surface area contributed by atoms with E-state index in [9.17, 15) is 8.42 Å². The molecule has 0 bridgehead atoms. The van der Waals surface area contributed by atoms with Crippen molar-refractivity contribution in [2.75, 3.05) is 19.4 Å². The van der Waals surface area contributed by atoms with Crippen LogP contribution < -0.4 is 10.1 Å². The Morgan fingerprint density at radius 2 is 2.12 bits per heavy atom. The first-order valence-corrected chi connectivity index (χ1v) is 7.42. The van der Waals surface area contributed by atoms with E-state index in [1.165, 1.54) is 0 Å². The largest absolute Gasteiger partial charge is 0.492 e. The first-order valence-electron chi connectivity index (χ1n) is 5.70. The van der Waals surface area contributed by atoms with E-state index in [2.05, 4.69) is 5.32 Å². The van der Waals surface area contributed by atoms with Crippen LogP contribution in [-0.2, 0) is 9.84 Å². The molecule has 1 N–H and O–H groups in total. The zero-order valence-corrected chi connectivity index (χ0v) is 10.8. The average Bonchev–Trinajstić information content (AvgIpc) is 2.37. The number of fused-ring (bicyclic) bond motifs is 1. The van der Waals surface area contributed by atoms with Crippen LogP contribution in [0.4, 0.5) is 0 Å². The molecule has 0 radical (unpaired) electrons. The zero-order chi connectivity index (χ0) is 12.5.